The van der Waals surface area contributed by atoms with Crippen LogP contribution < -0.4 is 10.6 Å². The van der Waals surface area contributed by atoms with Crippen LogP contribution in [0.1, 0.15) is 27.4 Å². The van der Waals surface area contributed by atoms with Gasteiger partial charge in [-0.1, -0.05) is 11.6 Å². The fourth-order valence-corrected chi connectivity index (χ4v) is 4.25. The van der Waals surface area contributed by atoms with Crippen molar-refractivity contribution in [1.82, 2.24) is 15.1 Å². The maximum Gasteiger partial charge on any atom is 0.258 e. The molecular formula is C19H16ClFN4O3S. The molecule has 7 nitrogen and oxygen atoms in total. The fourth-order valence-electron chi connectivity index (χ4n) is 2.96. The van der Waals surface area contributed by atoms with Crippen molar-refractivity contribution >= 4 is 41.0 Å². The van der Waals surface area contributed by atoms with Gasteiger partial charge in [0.1, 0.15) is 23.9 Å². The van der Waals surface area contributed by atoms with Crippen molar-refractivity contribution < 1.29 is 18.4 Å². The number of carbonyl (C=O) groups excluding carboxylic acids is 2. The normalized spacial score (nSPS) is 12.6. The first kappa shape index (κ1) is 19.5. The minimum atomic E-state index is -0.526. The molecular weight excluding hydrogens is 419 g/mol. The van der Waals surface area contributed by atoms with Crippen LogP contribution >= 0.6 is 23.4 Å². The van der Waals surface area contributed by atoms with Crippen molar-refractivity contribution in [1.29, 1.82) is 0 Å². The third kappa shape index (κ3) is 4.30. The van der Waals surface area contributed by atoms with E-state index in [1.54, 1.807) is 23.9 Å². The van der Waals surface area contributed by atoms with Gasteiger partial charge < -0.3 is 15.1 Å². The largest absolute Gasteiger partial charge is 0.467 e. The number of thioether (sulfide) groups is 1. The third-order valence-corrected chi connectivity index (χ3v) is 5.64. The van der Waals surface area contributed by atoms with Crippen molar-refractivity contribution in [2.45, 2.75) is 24.6 Å². The molecule has 10 heteroatoms. The van der Waals surface area contributed by atoms with Gasteiger partial charge in [-0.25, -0.2) is 9.07 Å². The minimum absolute atomic E-state index is 0.00998. The second-order valence-corrected chi connectivity index (χ2v) is 7.75. The molecule has 0 spiro atoms. The smallest absolute Gasteiger partial charge is 0.258 e. The maximum absolute atomic E-state index is 13.3. The van der Waals surface area contributed by atoms with Crippen LogP contribution in [0.5, 0.6) is 0 Å². The van der Waals surface area contributed by atoms with Crippen LogP contribution in [0.2, 0.25) is 5.02 Å². The highest BCUT2D eigenvalue weighted by atomic mass is 35.5. The average Bonchev–Trinajstić information content (AvgIpc) is 3.40. The molecule has 1 aliphatic rings. The Labute approximate surface area is 174 Å². The summed E-state index contributed by atoms with van der Waals surface area (Å²) in [7, 11) is 0. The van der Waals surface area contributed by atoms with Crippen LogP contribution in [-0.4, -0.2) is 21.6 Å². The molecule has 0 radical (unpaired) electrons. The SMILES string of the molecule is O=C(Cn1nc2c(c1NC(=O)c1ccc(F)cc1Cl)CSC2)NCc1ccco1. The van der Waals surface area contributed by atoms with Crippen LogP contribution in [0.3, 0.4) is 0 Å². The molecule has 0 saturated heterocycles. The number of nitrogens with zero attached hydrogens (tertiary/aromatic N) is 2. The standard InChI is InChI=1S/C19H16ClFN4O3S/c20-15-6-11(21)3-4-13(15)19(27)23-18-14-9-29-10-16(14)24-25(18)8-17(26)22-7-12-2-1-5-28-12/h1-6H,7-10H2,(H,22,26)(H,23,27). The molecule has 0 atom stereocenters. The Morgan fingerprint density at radius 3 is 2.93 bits per heavy atom. The molecule has 2 N–H and O–H groups in total. The molecule has 3 aromatic rings. The first-order chi connectivity index (χ1) is 14.0. The van der Waals surface area contributed by atoms with Gasteiger partial charge in [-0.05, 0) is 30.3 Å². The Bertz CT molecular complexity index is 1070. The average molecular weight is 435 g/mol. The summed E-state index contributed by atoms with van der Waals surface area (Å²) in [6.07, 6.45) is 1.53. The summed E-state index contributed by atoms with van der Waals surface area (Å²) in [5, 5.41) is 10.0. The van der Waals surface area contributed by atoms with Gasteiger partial charge in [0.25, 0.3) is 5.91 Å². The number of hydrogen-bond donors (Lipinski definition) is 2. The second-order valence-electron chi connectivity index (χ2n) is 6.36. The molecule has 0 aliphatic carbocycles. The molecule has 0 fully saturated rings. The molecule has 0 saturated carbocycles. The minimum Gasteiger partial charge on any atom is -0.467 e. The summed E-state index contributed by atoms with van der Waals surface area (Å²) in [5.41, 5.74) is 1.84. The Hall–Kier alpha value is -2.78. The topological polar surface area (TPSA) is 89.2 Å². The highest BCUT2D eigenvalue weighted by Gasteiger charge is 2.25. The number of hydrogen-bond acceptors (Lipinski definition) is 5. The Kier molecular flexibility index (Phi) is 5.59. The molecule has 1 aliphatic heterocycles. The lowest BCUT2D eigenvalue weighted by atomic mass is 10.2. The number of halogens is 2. The second kappa shape index (κ2) is 8.30. The Morgan fingerprint density at radius 1 is 1.31 bits per heavy atom. The van der Waals surface area contributed by atoms with E-state index < -0.39 is 11.7 Å². The number of nitrogens with one attached hydrogen (secondary N) is 2. The van der Waals surface area contributed by atoms with E-state index in [9.17, 15) is 14.0 Å². The Balaban J connectivity index is 1.51. The molecule has 0 unspecified atom stereocenters. The van der Waals surface area contributed by atoms with Gasteiger partial charge in [0.05, 0.1) is 29.1 Å². The van der Waals surface area contributed by atoms with Gasteiger partial charge >= 0.3 is 0 Å². The van der Waals surface area contributed by atoms with Gasteiger partial charge in [-0.2, -0.15) is 16.9 Å². The lowest BCUT2D eigenvalue weighted by Crippen LogP contribution is -2.28. The first-order valence-electron chi connectivity index (χ1n) is 8.73. The van der Waals surface area contributed by atoms with E-state index in [-0.39, 0.29) is 29.6 Å². The van der Waals surface area contributed by atoms with Gasteiger partial charge in [0, 0.05) is 17.1 Å². The van der Waals surface area contributed by atoms with E-state index in [0.717, 1.165) is 17.3 Å². The maximum atomic E-state index is 13.3. The van der Waals surface area contributed by atoms with E-state index in [0.29, 0.717) is 23.1 Å². The zero-order valence-corrected chi connectivity index (χ0v) is 16.6. The molecule has 3 heterocycles. The molecule has 2 aromatic heterocycles. The number of anilines is 1. The van der Waals surface area contributed by atoms with Gasteiger partial charge in [-0.3, -0.25) is 9.59 Å². The number of carbonyl (C=O) groups is 2. The van der Waals surface area contributed by atoms with Crippen LogP contribution in [0, 0.1) is 5.82 Å². The number of aromatic nitrogens is 2. The summed E-state index contributed by atoms with van der Waals surface area (Å²) in [6.45, 7) is 0.195. The van der Waals surface area contributed by atoms with Crippen molar-refractivity contribution in [2.24, 2.45) is 0 Å². The van der Waals surface area contributed by atoms with Crippen molar-refractivity contribution in [3.05, 3.63) is 70.0 Å². The van der Waals surface area contributed by atoms with Gasteiger partial charge in [0.2, 0.25) is 5.91 Å². The first-order valence-corrected chi connectivity index (χ1v) is 10.3. The van der Waals surface area contributed by atoms with E-state index >= 15 is 0 Å². The van der Waals surface area contributed by atoms with E-state index in [4.69, 9.17) is 16.0 Å². The van der Waals surface area contributed by atoms with Crippen LogP contribution in [0.15, 0.2) is 41.0 Å². The van der Waals surface area contributed by atoms with E-state index in [2.05, 4.69) is 15.7 Å². The molecule has 2 amide bonds. The highest BCUT2D eigenvalue weighted by molar-refractivity contribution is 7.98. The molecule has 29 heavy (non-hydrogen) atoms. The van der Waals surface area contributed by atoms with E-state index in [1.807, 2.05) is 0 Å². The number of amides is 2. The molecule has 4 rings (SSSR count). The lowest BCUT2D eigenvalue weighted by Gasteiger charge is -2.12. The van der Waals surface area contributed by atoms with Crippen LogP contribution in [0.4, 0.5) is 10.2 Å². The monoisotopic (exact) mass is 434 g/mol. The van der Waals surface area contributed by atoms with Gasteiger partial charge in [0.15, 0.2) is 0 Å². The zero-order valence-electron chi connectivity index (χ0n) is 15.1. The summed E-state index contributed by atoms with van der Waals surface area (Å²) in [5.74, 6) is 1.17. The predicted octanol–water partition coefficient (Wildman–Crippen LogP) is 3.58. The number of benzene rings is 1. The summed E-state index contributed by atoms with van der Waals surface area (Å²) >= 11 is 7.67. The zero-order chi connectivity index (χ0) is 20.4. The molecule has 1 aromatic carbocycles. The van der Waals surface area contributed by atoms with Gasteiger partial charge in [-0.15, -0.1) is 0 Å². The summed E-state index contributed by atoms with van der Waals surface area (Å²) < 4.78 is 19.9. The number of furan rings is 1. The quantitative estimate of drug-likeness (QED) is 0.619. The number of rotatable bonds is 6. The van der Waals surface area contributed by atoms with Crippen molar-refractivity contribution in [3.63, 3.8) is 0 Å². The summed E-state index contributed by atoms with van der Waals surface area (Å²) in [4.78, 5) is 25.0. The van der Waals surface area contributed by atoms with Crippen LogP contribution in [0.25, 0.3) is 0 Å². The van der Waals surface area contributed by atoms with E-state index in [1.165, 1.54) is 23.1 Å². The number of fused-ring (bicyclic) bond motifs is 1. The van der Waals surface area contributed by atoms with Crippen molar-refractivity contribution in [3.8, 4) is 0 Å². The fraction of sp³-hybridized carbons (Fsp3) is 0.211. The Morgan fingerprint density at radius 2 is 2.17 bits per heavy atom. The third-order valence-electron chi connectivity index (χ3n) is 4.36. The lowest BCUT2D eigenvalue weighted by molar-refractivity contribution is -0.122. The highest BCUT2D eigenvalue weighted by Crippen LogP contribution is 2.35. The predicted molar refractivity (Wildman–Crippen MR) is 107 cm³/mol. The molecule has 0 bridgehead atoms. The summed E-state index contributed by atoms with van der Waals surface area (Å²) in [6, 6.07) is 7.07. The molecule has 150 valence electrons. The van der Waals surface area contributed by atoms with Crippen LogP contribution in [-0.2, 0) is 29.4 Å². The van der Waals surface area contributed by atoms with Crippen molar-refractivity contribution in [2.75, 3.05) is 5.32 Å².